The Labute approximate surface area is 114 Å². The van der Waals surface area contributed by atoms with Crippen molar-refractivity contribution in [3.8, 4) is 0 Å². The molecule has 1 saturated heterocycles. The van der Waals surface area contributed by atoms with Gasteiger partial charge in [0.2, 0.25) is 0 Å². The second-order valence-electron chi connectivity index (χ2n) is 5.57. The van der Waals surface area contributed by atoms with Crippen LogP contribution in [0.15, 0.2) is 0 Å². The van der Waals surface area contributed by atoms with Crippen LogP contribution in [0.2, 0.25) is 0 Å². The molecule has 1 fully saturated rings. The van der Waals surface area contributed by atoms with Crippen LogP contribution in [0.3, 0.4) is 0 Å². The lowest BCUT2D eigenvalue weighted by molar-refractivity contribution is -0.140. The summed E-state index contributed by atoms with van der Waals surface area (Å²) >= 11 is 0. The van der Waals surface area contributed by atoms with E-state index in [1.165, 1.54) is 0 Å². The minimum Gasteiger partial charge on any atom is -0.481 e. The van der Waals surface area contributed by atoms with Gasteiger partial charge in [0.15, 0.2) is 0 Å². The molecule has 0 aromatic rings. The van der Waals surface area contributed by atoms with E-state index in [2.05, 4.69) is 29.4 Å². The first-order chi connectivity index (χ1) is 8.90. The summed E-state index contributed by atoms with van der Waals surface area (Å²) < 4.78 is 0. The van der Waals surface area contributed by atoms with Gasteiger partial charge in [0.25, 0.3) is 0 Å². The Bertz CT molecular complexity index is 320. The lowest BCUT2D eigenvalue weighted by Crippen LogP contribution is -2.41. The first kappa shape index (κ1) is 15.8. The van der Waals surface area contributed by atoms with Gasteiger partial charge in [0, 0.05) is 25.7 Å². The molecule has 0 saturated carbocycles. The van der Waals surface area contributed by atoms with Crippen molar-refractivity contribution in [2.45, 2.75) is 33.2 Å². The number of hydrogen-bond donors (Lipinski definition) is 3. The van der Waals surface area contributed by atoms with E-state index in [0.29, 0.717) is 18.5 Å². The third-order valence-electron chi connectivity index (χ3n) is 3.59. The fourth-order valence-electron chi connectivity index (χ4n) is 2.13. The minimum absolute atomic E-state index is 0.157. The fourth-order valence-corrected chi connectivity index (χ4v) is 2.13. The van der Waals surface area contributed by atoms with Gasteiger partial charge in [-0.15, -0.1) is 0 Å². The SMILES string of the molecule is CC(CNC(=O)NCC1CCN(C(C)C)C1)C(=O)O. The second kappa shape index (κ2) is 7.33. The molecule has 2 unspecified atom stereocenters. The number of carboxylic acids is 1. The summed E-state index contributed by atoms with van der Waals surface area (Å²) in [5, 5.41) is 14.1. The predicted octanol–water partition coefficient (Wildman–Crippen LogP) is 0.737. The molecule has 0 aromatic heterocycles. The third-order valence-corrected chi connectivity index (χ3v) is 3.59. The van der Waals surface area contributed by atoms with Crippen LogP contribution in [0.4, 0.5) is 4.79 Å². The van der Waals surface area contributed by atoms with Crippen LogP contribution in [0, 0.1) is 11.8 Å². The average Bonchev–Trinajstić information content (AvgIpc) is 2.82. The van der Waals surface area contributed by atoms with Crippen molar-refractivity contribution in [3.05, 3.63) is 0 Å². The number of carbonyl (C=O) groups excluding carboxylic acids is 1. The minimum atomic E-state index is -0.899. The number of likely N-dealkylation sites (tertiary alicyclic amines) is 1. The van der Waals surface area contributed by atoms with Crippen LogP contribution in [-0.2, 0) is 4.79 Å². The first-order valence-corrected chi connectivity index (χ1v) is 6.88. The van der Waals surface area contributed by atoms with E-state index in [4.69, 9.17) is 5.11 Å². The lowest BCUT2D eigenvalue weighted by Gasteiger charge is -2.20. The number of nitrogens with zero attached hydrogens (tertiary/aromatic N) is 1. The van der Waals surface area contributed by atoms with E-state index in [9.17, 15) is 9.59 Å². The highest BCUT2D eigenvalue weighted by Crippen LogP contribution is 2.17. The Morgan fingerprint density at radius 1 is 1.32 bits per heavy atom. The highest BCUT2D eigenvalue weighted by molar-refractivity contribution is 5.75. The standard InChI is InChI=1S/C13H25N3O3/c1-9(2)16-5-4-11(8-16)7-15-13(19)14-6-10(3)12(17)18/h9-11H,4-8H2,1-3H3,(H,17,18)(H2,14,15,19). The summed E-state index contributed by atoms with van der Waals surface area (Å²) in [5.41, 5.74) is 0. The summed E-state index contributed by atoms with van der Waals surface area (Å²) in [6.45, 7) is 8.83. The molecule has 2 amide bonds. The maximum absolute atomic E-state index is 11.5. The number of urea groups is 1. The van der Waals surface area contributed by atoms with Crippen LogP contribution in [0.5, 0.6) is 0 Å². The molecule has 0 radical (unpaired) electrons. The summed E-state index contributed by atoms with van der Waals surface area (Å²) in [7, 11) is 0. The highest BCUT2D eigenvalue weighted by Gasteiger charge is 2.24. The Kier molecular flexibility index (Phi) is 6.08. The first-order valence-electron chi connectivity index (χ1n) is 6.88. The molecule has 1 aliphatic rings. The van der Waals surface area contributed by atoms with Gasteiger partial charge in [0.05, 0.1) is 5.92 Å². The second-order valence-corrected chi connectivity index (χ2v) is 5.57. The quantitative estimate of drug-likeness (QED) is 0.665. The van der Waals surface area contributed by atoms with Crippen molar-refractivity contribution in [1.29, 1.82) is 0 Å². The molecule has 1 heterocycles. The average molecular weight is 271 g/mol. The highest BCUT2D eigenvalue weighted by atomic mass is 16.4. The zero-order valence-corrected chi connectivity index (χ0v) is 12.0. The monoisotopic (exact) mass is 271 g/mol. The smallest absolute Gasteiger partial charge is 0.314 e. The Morgan fingerprint density at radius 3 is 2.53 bits per heavy atom. The van der Waals surface area contributed by atoms with Crippen molar-refractivity contribution in [2.75, 3.05) is 26.2 Å². The predicted molar refractivity (Wildman–Crippen MR) is 73.0 cm³/mol. The number of amides is 2. The van der Waals surface area contributed by atoms with E-state index in [1.807, 2.05) is 0 Å². The molecule has 3 N–H and O–H groups in total. The Morgan fingerprint density at radius 2 is 2.00 bits per heavy atom. The topological polar surface area (TPSA) is 81.7 Å². The summed E-state index contributed by atoms with van der Waals surface area (Å²) in [5.74, 6) is -0.970. The van der Waals surface area contributed by atoms with Gasteiger partial charge in [-0.1, -0.05) is 6.92 Å². The third kappa shape index (κ3) is 5.46. The van der Waals surface area contributed by atoms with Crippen molar-refractivity contribution in [2.24, 2.45) is 11.8 Å². The molecule has 0 aliphatic carbocycles. The van der Waals surface area contributed by atoms with Gasteiger partial charge in [-0.2, -0.15) is 0 Å². The van der Waals surface area contributed by atoms with Crippen molar-refractivity contribution >= 4 is 12.0 Å². The molecule has 6 heteroatoms. The van der Waals surface area contributed by atoms with Crippen LogP contribution in [0.25, 0.3) is 0 Å². The zero-order chi connectivity index (χ0) is 14.4. The number of carboxylic acid groups (broad SMARTS) is 1. The van der Waals surface area contributed by atoms with Crippen molar-refractivity contribution in [1.82, 2.24) is 15.5 Å². The maximum Gasteiger partial charge on any atom is 0.314 e. The van der Waals surface area contributed by atoms with Crippen LogP contribution < -0.4 is 10.6 Å². The molecule has 0 spiro atoms. The molecule has 6 nitrogen and oxygen atoms in total. The van der Waals surface area contributed by atoms with E-state index >= 15 is 0 Å². The van der Waals surface area contributed by atoms with Crippen LogP contribution in [-0.4, -0.2) is 54.2 Å². The molecule has 0 bridgehead atoms. The van der Waals surface area contributed by atoms with E-state index in [1.54, 1.807) is 6.92 Å². The fraction of sp³-hybridized carbons (Fsp3) is 0.846. The molecular weight excluding hydrogens is 246 g/mol. The van der Waals surface area contributed by atoms with Crippen molar-refractivity contribution in [3.63, 3.8) is 0 Å². The molecule has 0 aromatic carbocycles. The summed E-state index contributed by atoms with van der Waals surface area (Å²) in [6, 6.07) is 0.270. The number of carbonyl (C=O) groups is 2. The van der Waals surface area contributed by atoms with Gasteiger partial charge in [-0.3, -0.25) is 4.79 Å². The number of rotatable bonds is 6. The summed E-state index contributed by atoms with van der Waals surface area (Å²) in [4.78, 5) is 24.5. The van der Waals surface area contributed by atoms with E-state index < -0.39 is 11.9 Å². The van der Waals surface area contributed by atoms with Gasteiger partial charge in [0.1, 0.15) is 0 Å². The normalized spacial score (nSPS) is 21.4. The zero-order valence-electron chi connectivity index (χ0n) is 12.0. The summed E-state index contributed by atoms with van der Waals surface area (Å²) in [6.07, 6.45) is 1.10. The van der Waals surface area contributed by atoms with Crippen molar-refractivity contribution < 1.29 is 14.7 Å². The number of nitrogens with one attached hydrogen (secondary N) is 2. The number of aliphatic carboxylic acids is 1. The lowest BCUT2D eigenvalue weighted by atomic mass is 10.1. The molecule has 1 aliphatic heterocycles. The van der Waals surface area contributed by atoms with Crippen LogP contribution >= 0.6 is 0 Å². The molecule has 19 heavy (non-hydrogen) atoms. The molecule has 110 valence electrons. The maximum atomic E-state index is 11.5. The van der Waals surface area contributed by atoms with Gasteiger partial charge in [-0.05, 0) is 32.7 Å². The van der Waals surface area contributed by atoms with E-state index in [0.717, 1.165) is 19.5 Å². The van der Waals surface area contributed by atoms with Crippen LogP contribution in [0.1, 0.15) is 27.2 Å². The molecule has 2 atom stereocenters. The van der Waals surface area contributed by atoms with Gasteiger partial charge >= 0.3 is 12.0 Å². The number of hydrogen-bond acceptors (Lipinski definition) is 3. The molecular formula is C13H25N3O3. The Balaban J connectivity index is 2.16. The Hall–Kier alpha value is -1.30. The molecule has 1 rings (SSSR count). The largest absolute Gasteiger partial charge is 0.481 e. The van der Waals surface area contributed by atoms with E-state index in [-0.39, 0.29) is 12.6 Å². The van der Waals surface area contributed by atoms with Gasteiger partial charge < -0.3 is 20.6 Å². The van der Waals surface area contributed by atoms with Gasteiger partial charge in [-0.25, -0.2) is 4.79 Å².